The van der Waals surface area contributed by atoms with Gasteiger partial charge in [-0.05, 0) is 19.4 Å². The van der Waals surface area contributed by atoms with Crippen molar-refractivity contribution >= 4 is 6.03 Å². The van der Waals surface area contributed by atoms with Crippen molar-refractivity contribution in [2.75, 3.05) is 26.8 Å². The lowest BCUT2D eigenvalue weighted by molar-refractivity contribution is 0.0483. The molecule has 8 nitrogen and oxygen atoms in total. The zero-order chi connectivity index (χ0) is 19.2. The molecule has 1 aromatic carbocycles. The first-order valence-electron chi connectivity index (χ1n) is 9.16. The summed E-state index contributed by atoms with van der Waals surface area (Å²) in [5.74, 6) is 1.35. The van der Waals surface area contributed by atoms with Gasteiger partial charge in [-0.2, -0.15) is 5.10 Å². The van der Waals surface area contributed by atoms with Crippen LogP contribution in [0.15, 0.2) is 24.3 Å². The van der Waals surface area contributed by atoms with Crippen LogP contribution in [-0.4, -0.2) is 59.0 Å². The summed E-state index contributed by atoms with van der Waals surface area (Å²) < 4.78 is 11.1. The van der Waals surface area contributed by atoms with Gasteiger partial charge >= 0.3 is 6.03 Å². The molecule has 146 valence electrons. The van der Waals surface area contributed by atoms with E-state index in [1.807, 2.05) is 19.1 Å². The summed E-state index contributed by atoms with van der Waals surface area (Å²) in [5, 5.41) is 9.98. The summed E-state index contributed by atoms with van der Waals surface area (Å²) in [6.45, 7) is 5.86. The topological polar surface area (TPSA) is 92.4 Å². The van der Waals surface area contributed by atoms with E-state index in [2.05, 4.69) is 39.6 Å². The van der Waals surface area contributed by atoms with Crippen molar-refractivity contribution in [1.82, 2.24) is 25.4 Å². The molecule has 27 heavy (non-hydrogen) atoms. The van der Waals surface area contributed by atoms with E-state index in [1.165, 1.54) is 5.56 Å². The Bertz CT molecular complexity index is 763. The molecule has 0 spiro atoms. The Hall–Kier alpha value is -2.45. The Morgan fingerprint density at radius 1 is 1.41 bits per heavy atom. The van der Waals surface area contributed by atoms with Crippen LogP contribution in [0.5, 0.6) is 0 Å². The maximum atomic E-state index is 12.6. The number of nitrogens with zero attached hydrogens (tertiary/aromatic N) is 3. The Labute approximate surface area is 159 Å². The second kappa shape index (κ2) is 8.96. The summed E-state index contributed by atoms with van der Waals surface area (Å²) in [4.78, 5) is 18.8. The Kier molecular flexibility index (Phi) is 6.41. The highest BCUT2D eigenvalue weighted by Crippen LogP contribution is 2.32. The fourth-order valence-corrected chi connectivity index (χ4v) is 3.27. The van der Waals surface area contributed by atoms with Gasteiger partial charge in [0, 0.05) is 26.6 Å². The number of aromatic amines is 1. The largest absolute Gasteiger partial charge is 0.383 e. The number of methoxy groups -OCH3 is 1. The van der Waals surface area contributed by atoms with E-state index in [1.54, 1.807) is 12.0 Å². The number of hydrogen-bond acceptors (Lipinski definition) is 5. The summed E-state index contributed by atoms with van der Waals surface area (Å²) in [7, 11) is 1.61. The van der Waals surface area contributed by atoms with Crippen LogP contribution >= 0.6 is 0 Å². The van der Waals surface area contributed by atoms with Crippen molar-refractivity contribution in [3.63, 3.8) is 0 Å². The number of H-pyrrole nitrogens is 1. The average Bonchev–Trinajstić information content (AvgIpc) is 3.26. The van der Waals surface area contributed by atoms with Crippen LogP contribution < -0.4 is 5.32 Å². The van der Waals surface area contributed by atoms with E-state index >= 15 is 0 Å². The number of ether oxygens (including phenoxy) is 2. The molecule has 0 unspecified atom stereocenters. The van der Waals surface area contributed by atoms with E-state index in [0.29, 0.717) is 38.5 Å². The molecule has 2 aromatic rings. The van der Waals surface area contributed by atoms with Crippen molar-refractivity contribution in [2.45, 2.75) is 39.0 Å². The molecule has 0 bridgehead atoms. The molecule has 1 aliphatic rings. The lowest BCUT2D eigenvalue weighted by Gasteiger charge is -2.22. The van der Waals surface area contributed by atoms with E-state index in [-0.39, 0.29) is 18.2 Å². The molecule has 2 amide bonds. The molecule has 2 atom stereocenters. The van der Waals surface area contributed by atoms with Gasteiger partial charge in [-0.3, -0.25) is 5.10 Å². The van der Waals surface area contributed by atoms with Crippen molar-refractivity contribution in [3.05, 3.63) is 47.0 Å². The number of aromatic nitrogens is 3. The van der Waals surface area contributed by atoms with E-state index in [4.69, 9.17) is 9.47 Å². The predicted octanol–water partition coefficient (Wildman–Crippen LogP) is 2.11. The summed E-state index contributed by atoms with van der Waals surface area (Å²) in [6.07, 6.45) is 0.600. The molecule has 1 aliphatic heterocycles. The smallest absolute Gasteiger partial charge is 0.318 e. The number of nitrogens with one attached hydrogen (secondary N) is 2. The van der Waals surface area contributed by atoms with Gasteiger partial charge in [0.05, 0.1) is 25.4 Å². The Balaban J connectivity index is 1.65. The Morgan fingerprint density at radius 2 is 2.26 bits per heavy atom. The monoisotopic (exact) mass is 373 g/mol. The average molecular weight is 373 g/mol. The Morgan fingerprint density at radius 3 is 2.96 bits per heavy atom. The second-order valence-electron chi connectivity index (χ2n) is 6.83. The number of hydrogen-bond donors (Lipinski definition) is 2. The van der Waals surface area contributed by atoms with Crippen molar-refractivity contribution in [1.29, 1.82) is 0 Å². The molecule has 3 rings (SSSR count). The van der Waals surface area contributed by atoms with Crippen molar-refractivity contribution in [3.8, 4) is 0 Å². The third-order valence-electron chi connectivity index (χ3n) is 4.59. The third-order valence-corrected chi connectivity index (χ3v) is 4.59. The zero-order valence-electron chi connectivity index (χ0n) is 16.1. The molecular weight excluding hydrogens is 346 g/mol. The zero-order valence-corrected chi connectivity index (χ0v) is 16.1. The maximum Gasteiger partial charge on any atom is 0.318 e. The van der Waals surface area contributed by atoms with Gasteiger partial charge in [-0.15, -0.1) is 0 Å². The quantitative estimate of drug-likeness (QED) is 0.725. The van der Waals surface area contributed by atoms with E-state index < -0.39 is 0 Å². The minimum Gasteiger partial charge on any atom is -0.383 e. The predicted molar refractivity (Wildman–Crippen MR) is 100 cm³/mol. The third kappa shape index (κ3) is 5.05. The lowest BCUT2D eigenvalue weighted by atomic mass is 10.1. The van der Waals surface area contributed by atoms with Gasteiger partial charge in [0.15, 0.2) is 5.82 Å². The highest BCUT2D eigenvalue weighted by molar-refractivity contribution is 5.75. The molecule has 0 radical (unpaired) electrons. The number of aryl methyl sites for hydroxylation is 2. The van der Waals surface area contributed by atoms with Gasteiger partial charge in [-0.25, -0.2) is 9.78 Å². The summed E-state index contributed by atoms with van der Waals surface area (Å²) in [5.41, 5.74) is 2.33. The molecule has 1 saturated heterocycles. The van der Waals surface area contributed by atoms with Crippen LogP contribution in [0, 0.1) is 13.8 Å². The number of carbonyl (C=O) groups is 1. The molecule has 2 heterocycles. The normalized spacial score (nSPS) is 19.4. The minimum atomic E-state index is -0.208. The fourth-order valence-electron chi connectivity index (χ4n) is 3.27. The van der Waals surface area contributed by atoms with Gasteiger partial charge in [0.1, 0.15) is 5.82 Å². The summed E-state index contributed by atoms with van der Waals surface area (Å²) >= 11 is 0. The molecule has 1 fully saturated rings. The number of rotatable bonds is 7. The van der Waals surface area contributed by atoms with Gasteiger partial charge in [0.25, 0.3) is 0 Å². The second-order valence-corrected chi connectivity index (χ2v) is 6.83. The minimum absolute atomic E-state index is 0.0671. The highest BCUT2D eigenvalue weighted by atomic mass is 16.5. The van der Waals surface area contributed by atoms with Crippen molar-refractivity contribution in [2.24, 2.45) is 0 Å². The number of likely N-dealkylation sites (tertiary alicyclic amines) is 1. The van der Waals surface area contributed by atoms with Crippen LogP contribution in [0.4, 0.5) is 4.79 Å². The number of carbonyl (C=O) groups excluding carboxylic acids is 1. The summed E-state index contributed by atoms with van der Waals surface area (Å²) in [6, 6.07) is 7.89. The van der Waals surface area contributed by atoms with Gasteiger partial charge < -0.3 is 19.7 Å². The van der Waals surface area contributed by atoms with Crippen LogP contribution in [0.2, 0.25) is 0 Å². The molecule has 2 N–H and O–H groups in total. The number of benzene rings is 1. The maximum absolute atomic E-state index is 12.6. The highest BCUT2D eigenvalue weighted by Gasteiger charge is 2.39. The van der Waals surface area contributed by atoms with Gasteiger partial charge in [-0.1, -0.05) is 29.8 Å². The molecular formula is C19H27N5O3. The number of amides is 2. The first-order valence-corrected chi connectivity index (χ1v) is 9.16. The van der Waals surface area contributed by atoms with Crippen LogP contribution in [-0.2, 0) is 16.1 Å². The van der Waals surface area contributed by atoms with Crippen LogP contribution in [0.1, 0.15) is 35.2 Å². The van der Waals surface area contributed by atoms with E-state index in [0.717, 1.165) is 11.4 Å². The lowest BCUT2D eigenvalue weighted by Crippen LogP contribution is -2.41. The first-order chi connectivity index (χ1) is 13.1. The van der Waals surface area contributed by atoms with E-state index in [9.17, 15) is 4.79 Å². The number of urea groups is 1. The van der Waals surface area contributed by atoms with Crippen LogP contribution in [0.25, 0.3) is 0 Å². The molecule has 0 aliphatic carbocycles. The first kappa shape index (κ1) is 19.3. The van der Waals surface area contributed by atoms with Crippen molar-refractivity contribution < 1.29 is 14.3 Å². The SMILES string of the molecule is COCCNC(=O)N1C[C@@H](OCc2cccc(C)c2)C[C@H]1c1n[nH]c(C)n1. The standard InChI is InChI=1S/C19H27N5O3/c1-13-5-4-6-15(9-13)12-27-16-10-17(18-21-14(2)22-23-18)24(11-16)19(25)20-7-8-26-3/h4-6,9,16-17H,7-8,10-12H2,1-3H3,(H,20,25)(H,21,22,23)/t16-,17-/m0/s1. The molecule has 8 heteroatoms. The van der Waals surface area contributed by atoms with Crippen LogP contribution in [0.3, 0.4) is 0 Å². The molecule has 1 aromatic heterocycles. The van der Waals surface area contributed by atoms with Gasteiger partial charge in [0.2, 0.25) is 0 Å². The molecule has 0 saturated carbocycles. The fraction of sp³-hybridized carbons (Fsp3) is 0.526.